The maximum Gasteiger partial charge on any atom is 0.320 e. The molecular weight excluding hydrogens is 270 g/mol. The lowest BCUT2D eigenvalue weighted by Gasteiger charge is -2.28. The first-order valence-corrected chi connectivity index (χ1v) is 7.50. The fraction of sp³-hybridized carbons (Fsp3) is 0.714. The highest BCUT2D eigenvalue weighted by atomic mass is 16.3. The largest absolute Gasteiger partial charge is 0.390 e. The number of nitrogens with zero attached hydrogens (tertiary/aromatic N) is 3. The molecule has 1 aromatic rings. The van der Waals surface area contributed by atoms with E-state index in [4.69, 9.17) is 0 Å². The predicted octanol–water partition coefficient (Wildman–Crippen LogP) is 0.697. The van der Waals surface area contributed by atoms with Gasteiger partial charge in [0.2, 0.25) is 0 Å². The average Bonchev–Trinajstić information content (AvgIpc) is 2.76. The molecule has 2 rings (SSSR count). The molecule has 3 N–H and O–H groups in total. The highest BCUT2D eigenvalue weighted by molar-refractivity contribution is 5.88. The van der Waals surface area contributed by atoms with E-state index >= 15 is 0 Å². The number of rotatable bonds is 5. The average molecular weight is 295 g/mol. The molecule has 0 bridgehead atoms. The summed E-state index contributed by atoms with van der Waals surface area (Å²) in [6, 6.07) is 1.47. The number of aromatic nitrogens is 2. The Bertz CT molecular complexity index is 468. The third-order valence-electron chi connectivity index (χ3n) is 3.66. The Morgan fingerprint density at radius 2 is 2.14 bits per heavy atom. The van der Waals surface area contributed by atoms with Crippen LogP contribution in [0.3, 0.4) is 0 Å². The molecule has 0 aromatic carbocycles. The fourth-order valence-corrected chi connectivity index (χ4v) is 2.60. The number of nitrogens with one attached hydrogen (secondary N) is 2. The predicted molar refractivity (Wildman–Crippen MR) is 81.3 cm³/mol. The van der Waals surface area contributed by atoms with E-state index in [1.165, 1.54) is 19.3 Å². The van der Waals surface area contributed by atoms with Crippen LogP contribution < -0.4 is 10.6 Å². The van der Waals surface area contributed by atoms with Crippen LogP contribution in [0.1, 0.15) is 25.0 Å². The smallest absolute Gasteiger partial charge is 0.320 e. The molecular formula is C14H25N5O2. The first kappa shape index (κ1) is 15.8. The van der Waals surface area contributed by atoms with Gasteiger partial charge in [-0.3, -0.25) is 10.00 Å². The van der Waals surface area contributed by atoms with E-state index in [1.54, 1.807) is 17.8 Å². The van der Waals surface area contributed by atoms with Gasteiger partial charge in [-0.15, -0.1) is 0 Å². The number of aliphatic hydroxyl groups is 1. The molecule has 1 aromatic heterocycles. The summed E-state index contributed by atoms with van der Waals surface area (Å²) in [6.07, 6.45) is 3.13. The zero-order valence-electron chi connectivity index (χ0n) is 12.8. The Morgan fingerprint density at radius 1 is 1.43 bits per heavy atom. The number of urea groups is 1. The van der Waals surface area contributed by atoms with Gasteiger partial charge in [0.15, 0.2) is 0 Å². The molecule has 0 aliphatic carbocycles. The lowest BCUT2D eigenvalue weighted by atomic mass is 10.1. The Balaban J connectivity index is 1.69. The number of hydrogen-bond acceptors (Lipinski definition) is 4. The number of aryl methyl sites for hydroxylation is 2. The Labute approximate surface area is 125 Å². The number of carbonyl (C=O) groups excluding carboxylic acids is 1. The first-order valence-electron chi connectivity index (χ1n) is 7.50. The van der Waals surface area contributed by atoms with Crippen LogP contribution in [0.5, 0.6) is 0 Å². The van der Waals surface area contributed by atoms with Crippen LogP contribution in [0.2, 0.25) is 0 Å². The van der Waals surface area contributed by atoms with Gasteiger partial charge in [-0.2, -0.15) is 5.10 Å². The van der Waals surface area contributed by atoms with Gasteiger partial charge in [-0.25, -0.2) is 4.79 Å². The van der Waals surface area contributed by atoms with Gasteiger partial charge >= 0.3 is 6.03 Å². The second kappa shape index (κ2) is 7.42. The van der Waals surface area contributed by atoms with Crippen molar-refractivity contribution in [1.82, 2.24) is 20.0 Å². The standard InChI is InChI=1S/C14H25N5O2/c1-11-8-13(18(2)17-11)16-14(21)15-9-12(20)10-19-6-4-3-5-7-19/h8,12,20H,3-7,9-10H2,1-2H3,(H2,15,16,21)/t12-/m1/s1. The monoisotopic (exact) mass is 295 g/mol. The summed E-state index contributed by atoms with van der Waals surface area (Å²) >= 11 is 0. The minimum Gasteiger partial charge on any atom is -0.390 e. The molecule has 1 saturated heterocycles. The number of amides is 2. The Morgan fingerprint density at radius 3 is 2.76 bits per heavy atom. The van der Waals surface area contributed by atoms with Crippen LogP contribution in [0.25, 0.3) is 0 Å². The molecule has 1 fully saturated rings. The van der Waals surface area contributed by atoms with Crippen molar-refractivity contribution in [3.63, 3.8) is 0 Å². The normalized spacial score (nSPS) is 17.5. The molecule has 2 heterocycles. The highest BCUT2D eigenvalue weighted by Crippen LogP contribution is 2.09. The van der Waals surface area contributed by atoms with E-state index in [9.17, 15) is 9.90 Å². The lowest BCUT2D eigenvalue weighted by molar-refractivity contribution is 0.102. The van der Waals surface area contributed by atoms with Crippen molar-refractivity contribution in [2.24, 2.45) is 7.05 Å². The third-order valence-corrected chi connectivity index (χ3v) is 3.66. The number of β-amino-alcohol motifs (C(OH)–C–C–N with tert-alkyl or cyclic N) is 1. The second-order valence-electron chi connectivity index (χ2n) is 5.64. The molecule has 21 heavy (non-hydrogen) atoms. The number of hydrogen-bond donors (Lipinski definition) is 3. The number of piperidine rings is 1. The number of anilines is 1. The summed E-state index contributed by atoms with van der Waals surface area (Å²) in [5, 5.41) is 19.5. The van der Waals surface area contributed by atoms with Gasteiger partial charge in [0.1, 0.15) is 5.82 Å². The highest BCUT2D eigenvalue weighted by Gasteiger charge is 2.15. The number of likely N-dealkylation sites (tertiary alicyclic amines) is 1. The number of aliphatic hydroxyl groups excluding tert-OH is 1. The van der Waals surface area contributed by atoms with Crippen molar-refractivity contribution >= 4 is 11.8 Å². The summed E-state index contributed by atoms with van der Waals surface area (Å²) in [7, 11) is 1.77. The van der Waals surface area contributed by atoms with Gasteiger partial charge in [-0.05, 0) is 32.9 Å². The summed E-state index contributed by atoms with van der Waals surface area (Å²) in [6.45, 7) is 4.81. The van der Waals surface area contributed by atoms with E-state index in [0.717, 1.165) is 18.8 Å². The lowest BCUT2D eigenvalue weighted by Crippen LogP contribution is -2.43. The molecule has 1 atom stereocenters. The molecule has 118 valence electrons. The molecule has 0 radical (unpaired) electrons. The van der Waals surface area contributed by atoms with Crippen molar-refractivity contribution in [3.05, 3.63) is 11.8 Å². The zero-order valence-corrected chi connectivity index (χ0v) is 12.8. The first-order chi connectivity index (χ1) is 10.0. The van der Waals surface area contributed by atoms with Crippen molar-refractivity contribution in [2.45, 2.75) is 32.3 Å². The molecule has 1 aliphatic heterocycles. The second-order valence-corrected chi connectivity index (χ2v) is 5.64. The molecule has 2 amide bonds. The maximum atomic E-state index is 11.8. The third kappa shape index (κ3) is 5.02. The SMILES string of the molecule is Cc1cc(NC(=O)NC[C@@H](O)CN2CCCCC2)n(C)n1. The van der Waals surface area contributed by atoms with Crippen molar-refractivity contribution in [1.29, 1.82) is 0 Å². The van der Waals surface area contributed by atoms with Gasteiger partial charge in [0.05, 0.1) is 11.8 Å². The maximum absolute atomic E-state index is 11.8. The molecule has 0 spiro atoms. The number of carbonyl (C=O) groups is 1. The van der Waals surface area contributed by atoms with Gasteiger partial charge in [0.25, 0.3) is 0 Å². The van der Waals surface area contributed by atoms with Crippen LogP contribution in [0.15, 0.2) is 6.07 Å². The van der Waals surface area contributed by atoms with Crippen molar-refractivity contribution in [2.75, 3.05) is 31.5 Å². The van der Waals surface area contributed by atoms with Gasteiger partial charge < -0.3 is 15.3 Å². The Hall–Kier alpha value is -1.60. The molecule has 7 nitrogen and oxygen atoms in total. The summed E-state index contributed by atoms with van der Waals surface area (Å²) < 4.78 is 1.61. The molecule has 0 saturated carbocycles. The summed E-state index contributed by atoms with van der Waals surface area (Å²) in [5.41, 5.74) is 0.845. The van der Waals surface area contributed by atoms with E-state index in [-0.39, 0.29) is 12.6 Å². The Kier molecular flexibility index (Phi) is 5.58. The quantitative estimate of drug-likeness (QED) is 0.746. The summed E-state index contributed by atoms with van der Waals surface area (Å²) in [4.78, 5) is 14.0. The van der Waals surface area contributed by atoms with Crippen molar-refractivity contribution < 1.29 is 9.90 Å². The minimum absolute atomic E-state index is 0.249. The summed E-state index contributed by atoms with van der Waals surface area (Å²) in [5.74, 6) is 0.635. The van der Waals surface area contributed by atoms with E-state index < -0.39 is 6.10 Å². The van der Waals surface area contributed by atoms with Gasteiger partial charge in [-0.1, -0.05) is 6.42 Å². The van der Waals surface area contributed by atoms with Crippen molar-refractivity contribution in [3.8, 4) is 0 Å². The molecule has 0 unspecified atom stereocenters. The topological polar surface area (TPSA) is 82.4 Å². The van der Waals surface area contributed by atoms with Crippen LogP contribution in [0, 0.1) is 6.92 Å². The zero-order chi connectivity index (χ0) is 15.2. The van der Waals surface area contributed by atoms with E-state index in [1.807, 2.05) is 6.92 Å². The van der Waals surface area contributed by atoms with Crippen LogP contribution in [0.4, 0.5) is 10.6 Å². The van der Waals surface area contributed by atoms with E-state index in [2.05, 4.69) is 20.6 Å². The van der Waals surface area contributed by atoms with Crippen LogP contribution in [-0.4, -0.2) is 58.1 Å². The minimum atomic E-state index is -0.540. The fourth-order valence-electron chi connectivity index (χ4n) is 2.60. The van der Waals surface area contributed by atoms with Gasteiger partial charge in [0, 0.05) is 26.2 Å². The van der Waals surface area contributed by atoms with Crippen LogP contribution >= 0.6 is 0 Å². The molecule has 1 aliphatic rings. The molecule has 7 heteroatoms. The van der Waals surface area contributed by atoms with Crippen LogP contribution in [-0.2, 0) is 7.05 Å². The van der Waals surface area contributed by atoms with E-state index in [0.29, 0.717) is 12.4 Å².